The summed E-state index contributed by atoms with van der Waals surface area (Å²) in [7, 11) is 1.78. The van der Waals surface area contributed by atoms with Crippen LogP contribution in [-0.2, 0) is 9.57 Å². The van der Waals surface area contributed by atoms with Crippen molar-refractivity contribution in [2.24, 2.45) is 5.41 Å². The monoisotopic (exact) mass is 313 g/mol. The number of hydrogen-bond donors (Lipinski definition) is 0. The van der Waals surface area contributed by atoms with Gasteiger partial charge in [0.2, 0.25) is 0 Å². The summed E-state index contributed by atoms with van der Waals surface area (Å²) in [5, 5.41) is 2.14. The molecule has 1 saturated heterocycles. The molecule has 0 saturated carbocycles. The molecule has 0 unspecified atom stereocenters. The molecule has 0 aromatic heterocycles. The number of ether oxygens (including phenoxy) is 1. The minimum absolute atomic E-state index is 0.0126. The van der Waals surface area contributed by atoms with Gasteiger partial charge in [-0.2, -0.15) is 5.06 Å². The molecule has 0 radical (unpaired) electrons. The van der Waals surface area contributed by atoms with E-state index in [0.29, 0.717) is 5.41 Å². The largest absolute Gasteiger partial charge is 0.372 e. The first-order valence-corrected chi connectivity index (χ1v) is 8.71. The fourth-order valence-electron chi connectivity index (χ4n) is 3.94. The van der Waals surface area contributed by atoms with Gasteiger partial charge in [-0.05, 0) is 72.6 Å². The maximum atomic E-state index is 6.56. The van der Waals surface area contributed by atoms with Gasteiger partial charge in [-0.3, -0.25) is 0 Å². The van der Waals surface area contributed by atoms with Gasteiger partial charge in [-0.1, -0.05) is 20.8 Å². The third-order valence-corrected chi connectivity index (χ3v) is 4.70. The number of piperidine rings is 1. The summed E-state index contributed by atoms with van der Waals surface area (Å²) in [6.07, 6.45) is 4.57. The zero-order chi connectivity index (χ0) is 17.4. The third kappa shape index (κ3) is 5.50. The molecular weight excluding hydrogens is 274 g/mol. The summed E-state index contributed by atoms with van der Waals surface area (Å²) >= 11 is 0. The Morgan fingerprint density at radius 3 is 1.73 bits per heavy atom. The van der Waals surface area contributed by atoms with Crippen molar-refractivity contribution in [1.29, 1.82) is 0 Å². The van der Waals surface area contributed by atoms with Crippen molar-refractivity contribution in [2.75, 3.05) is 7.11 Å². The molecule has 0 aliphatic carbocycles. The minimum Gasteiger partial charge on any atom is -0.372 e. The van der Waals surface area contributed by atoms with Gasteiger partial charge in [0, 0.05) is 11.1 Å². The fraction of sp³-hybridized carbons (Fsp3) is 1.00. The molecule has 1 aliphatic heterocycles. The van der Waals surface area contributed by atoms with Crippen molar-refractivity contribution in [3.63, 3.8) is 0 Å². The van der Waals surface area contributed by atoms with E-state index in [9.17, 15) is 0 Å². The second-order valence-corrected chi connectivity index (χ2v) is 10.1. The molecule has 0 aromatic carbocycles. The summed E-state index contributed by atoms with van der Waals surface area (Å²) < 4.78 is 6.56. The van der Waals surface area contributed by atoms with E-state index in [-0.39, 0.29) is 22.8 Å². The Labute approximate surface area is 138 Å². The van der Waals surface area contributed by atoms with E-state index in [0.717, 1.165) is 19.3 Å². The van der Waals surface area contributed by atoms with Crippen molar-refractivity contribution >= 4 is 0 Å². The highest BCUT2D eigenvalue weighted by Gasteiger charge is 2.47. The van der Waals surface area contributed by atoms with E-state index in [1.54, 1.807) is 7.11 Å². The lowest BCUT2D eigenvalue weighted by molar-refractivity contribution is -0.286. The standard InChI is InChI=1S/C19H39NO2/c1-16(2,3)11-12-19(8,9)22-15-13-17(4,5)20(21-10)18(6,7)14-15/h15H,11-14H2,1-10H3. The van der Waals surface area contributed by atoms with Crippen molar-refractivity contribution in [3.05, 3.63) is 0 Å². The second kappa shape index (κ2) is 6.41. The lowest BCUT2D eigenvalue weighted by Crippen LogP contribution is -2.62. The Kier molecular flexibility index (Phi) is 5.81. The summed E-state index contributed by atoms with van der Waals surface area (Å²) in [4.78, 5) is 5.67. The molecule has 1 aliphatic rings. The van der Waals surface area contributed by atoms with E-state index in [2.05, 4.69) is 67.4 Å². The smallest absolute Gasteiger partial charge is 0.0630 e. The molecular formula is C19H39NO2. The van der Waals surface area contributed by atoms with Crippen LogP contribution in [0.25, 0.3) is 0 Å². The SMILES string of the molecule is CON1C(C)(C)CC(OC(C)(C)CCC(C)(C)C)CC1(C)C. The van der Waals surface area contributed by atoms with Crippen molar-refractivity contribution in [3.8, 4) is 0 Å². The molecule has 1 fully saturated rings. The normalized spacial score (nSPS) is 23.7. The predicted octanol–water partition coefficient (Wildman–Crippen LogP) is 5.19. The van der Waals surface area contributed by atoms with Crippen LogP contribution in [0.3, 0.4) is 0 Å². The Morgan fingerprint density at radius 1 is 0.909 bits per heavy atom. The maximum Gasteiger partial charge on any atom is 0.0630 e. The first kappa shape index (κ1) is 19.9. The van der Waals surface area contributed by atoms with E-state index < -0.39 is 0 Å². The van der Waals surface area contributed by atoms with Crippen LogP contribution in [0, 0.1) is 5.41 Å². The van der Waals surface area contributed by atoms with Gasteiger partial charge >= 0.3 is 0 Å². The van der Waals surface area contributed by atoms with Gasteiger partial charge in [0.25, 0.3) is 0 Å². The van der Waals surface area contributed by atoms with E-state index in [1.165, 1.54) is 6.42 Å². The van der Waals surface area contributed by atoms with Gasteiger partial charge < -0.3 is 9.57 Å². The Bertz CT molecular complexity index is 348. The molecule has 132 valence electrons. The van der Waals surface area contributed by atoms with Crippen molar-refractivity contribution < 1.29 is 9.57 Å². The van der Waals surface area contributed by atoms with Gasteiger partial charge in [0.1, 0.15) is 0 Å². The molecule has 3 nitrogen and oxygen atoms in total. The lowest BCUT2D eigenvalue weighted by atomic mass is 9.79. The average Bonchev–Trinajstić information content (AvgIpc) is 2.21. The van der Waals surface area contributed by atoms with Crippen molar-refractivity contribution in [2.45, 2.75) is 111 Å². The van der Waals surface area contributed by atoms with Gasteiger partial charge in [0.15, 0.2) is 0 Å². The second-order valence-electron chi connectivity index (χ2n) is 10.1. The van der Waals surface area contributed by atoms with Crippen LogP contribution in [-0.4, -0.2) is 35.0 Å². The quantitative estimate of drug-likeness (QED) is 0.697. The third-order valence-electron chi connectivity index (χ3n) is 4.70. The number of hydrogen-bond acceptors (Lipinski definition) is 3. The molecule has 0 amide bonds. The number of hydroxylamine groups is 2. The van der Waals surface area contributed by atoms with E-state index >= 15 is 0 Å². The Morgan fingerprint density at radius 2 is 1.36 bits per heavy atom. The van der Waals surface area contributed by atoms with Crippen LogP contribution in [0.1, 0.15) is 88.0 Å². The Hall–Kier alpha value is -0.120. The van der Waals surface area contributed by atoms with Gasteiger partial charge in [-0.25, -0.2) is 0 Å². The highest BCUT2D eigenvalue weighted by atomic mass is 16.7. The summed E-state index contributed by atoms with van der Waals surface area (Å²) in [6, 6.07) is 0. The lowest BCUT2D eigenvalue weighted by Gasteiger charge is -2.54. The minimum atomic E-state index is -0.0701. The van der Waals surface area contributed by atoms with Crippen LogP contribution < -0.4 is 0 Å². The number of rotatable bonds is 5. The first-order valence-electron chi connectivity index (χ1n) is 8.71. The van der Waals surface area contributed by atoms with Crippen LogP contribution in [0.15, 0.2) is 0 Å². The molecule has 3 heteroatoms. The predicted molar refractivity (Wildman–Crippen MR) is 93.9 cm³/mol. The summed E-state index contributed by atoms with van der Waals surface area (Å²) in [6.45, 7) is 20.4. The van der Waals surface area contributed by atoms with Crippen LogP contribution in [0.4, 0.5) is 0 Å². The van der Waals surface area contributed by atoms with E-state index in [4.69, 9.17) is 9.57 Å². The molecule has 1 rings (SSSR count). The number of nitrogens with zero attached hydrogens (tertiary/aromatic N) is 1. The molecule has 0 bridgehead atoms. The summed E-state index contributed by atoms with van der Waals surface area (Å²) in [5.41, 5.74) is 0.264. The molecule has 0 atom stereocenters. The highest BCUT2D eigenvalue weighted by Crippen LogP contribution is 2.41. The first-order chi connectivity index (χ1) is 9.69. The molecule has 0 spiro atoms. The van der Waals surface area contributed by atoms with Crippen LogP contribution in [0.5, 0.6) is 0 Å². The molecule has 22 heavy (non-hydrogen) atoms. The molecule has 1 heterocycles. The Balaban J connectivity index is 2.74. The van der Waals surface area contributed by atoms with E-state index in [1.807, 2.05) is 0 Å². The average molecular weight is 314 g/mol. The molecule has 0 aromatic rings. The zero-order valence-electron chi connectivity index (χ0n) is 16.7. The fourth-order valence-corrected chi connectivity index (χ4v) is 3.94. The van der Waals surface area contributed by atoms with Gasteiger partial charge in [-0.15, -0.1) is 0 Å². The zero-order valence-corrected chi connectivity index (χ0v) is 16.7. The topological polar surface area (TPSA) is 21.7 Å². The van der Waals surface area contributed by atoms with Crippen molar-refractivity contribution in [1.82, 2.24) is 5.06 Å². The van der Waals surface area contributed by atoms with Crippen LogP contribution >= 0.6 is 0 Å². The maximum absolute atomic E-state index is 6.56. The highest BCUT2D eigenvalue weighted by molar-refractivity contribution is 4.98. The molecule has 0 N–H and O–H groups in total. The summed E-state index contributed by atoms with van der Waals surface area (Å²) in [5.74, 6) is 0. The van der Waals surface area contributed by atoms with Gasteiger partial charge in [0.05, 0.1) is 18.8 Å². The van der Waals surface area contributed by atoms with Crippen LogP contribution in [0.2, 0.25) is 0 Å².